The molecule has 0 heterocycles. The van der Waals surface area contributed by atoms with E-state index >= 15 is 0 Å². The fourth-order valence-electron chi connectivity index (χ4n) is 10.3. The summed E-state index contributed by atoms with van der Waals surface area (Å²) in [5, 5.41) is 99.4. The van der Waals surface area contributed by atoms with E-state index in [1.54, 1.807) is 45.9 Å². The topological polar surface area (TPSA) is 663 Å². The van der Waals surface area contributed by atoms with E-state index in [4.69, 9.17) is 22.9 Å². The number of carboxylic acids is 3. The lowest BCUT2D eigenvalue weighted by Gasteiger charge is -2.29. The number of rotatable bonds is 50. The number of hydrogen-bond donors (Lipinski definition) is 23. The van der Waals surface area contributed by atoms with Gasteiger partial charge in [-0.05, 0) is 115 Å². The first kappa shape index (κ1) is 93.5. The molecule has 0 aromatic heterocycles. The number of aliphatic hydroxyl groups is 4. The Labute approximate surface area is 607 Å². The highest BCUT2D eigenvalue weighted by Gasteiger charge is 2.40. The molecule has 0 aliphatic carbocycles. The van der Waals surface area contributed by atoms with Gasteiger partial charge in [-0.25, -0.2) is 4.79 Å². The number of hydrogen-bond acceptors (Lipinski definition) is 23. The van der Waals surface area contributed by atoms with Crippen LogP contribution >= 0.6 is 0 Å². The van der Waals surface area contributed by atoms with Crippen molar-refractivity contribution < 1.29 is 112 Å². The zero-order chi connectivity index (χ0) is 80.3. The monoisotopic (exact) mass is 1490 g/mol. The molecule has 0 radical (unpaired) electrons. The standard InChI is InChI=1S/C66H110N16O23/c1-30(2)24-40(73-58(96)44(28-47(88)89)77-57(95)43(27-46(69)87)75-54(92)38(20-14-16-22-67)71-63(101)51(34(8)84)81-60(98)41(25-31(3)4)78-62(100)49(70)33(7)83)56(94)76-45(29-48(90)91)59(97)74-42(26-37-18-12-11-13-19-37)61(99)82-52(35(9)85)64(102)72-39(21-15-17-23-68)55(93)80-53(36(10)86)65(103)79-50(32(5)6)66(104)105/h11-13,18-19,30-36,38-45,49-53,83-86H,14-17,20-29,67-68,70H2,1-10H3,(H2,69,87)(H,71,101)(H,72,102)(H,73,96)(H,74,97)(H,75,92)(H,76,94)(H,77,95)(H,78,100)(H,79,103)(H,80,93)(H,81,98)(H,82,99)(H,88,89)(H,90,91)(H,104,105)/t33-,34-,35-,36-,38+,39+,40+,41+,42+,43+,44+,45+,49+,50+,51+,52+,53+/m1/s1. The summed E-state index contributed by atoms with van der Waals surface area (Å²) in [6.45, 7) is 14.3. The summed E-state index contributed by atoms with van der Waals surface area (Å²) >= 11 is 0. The minimum atomic E-state index is -2.17. The number of amides is 13. The predicted molar refractivity (Wildman–Crippen MR) is 374 cm³/mol. The van der Waals surface area contributed by atoms with E-state index in [1.807, 2.05) is 0 Å². The van der Waals surface area contributed by atoms with Crippen LogP contribution in [0, 0.1) is 17.8 Å². The highest BCUT2D eigenvalue weighted by Crippen LogP contribution is 2.14. The molecule has 592 valence electrons. The molecule has 105 heavy (non-hydrogen) atoms. The Morgan fingerprint density at radius 3 is 0.981 bits per heavy atom. The van der Waals surface area contributed by atoms with Crippen molar-refractivity contribution in [1.29, 1.82) is 0 Å². The first-order valence-electron chi connectivity index (χ1n) is 34.5. The first-order chi connectivity index (χ1) is 49.0. The van der Waals surface area contributed by atoms with Gasteiger partial charge in [0.1, 0.15) is 78.5 Å². The number of aliphatic hydroxyl groups excluding tert-OH is 4. The molecular formula is C66H110N16O23. The Kier molecular flexibility index (Phi) is 41.9. The molecule has 0 saturated carbocycles. The molecule has 1 aromatic carbocycles. The van der Waals surface area contributed by atoms with Gasteiger partial charge in [-0.15, -0.1) is 0 Å². The molecule has 1 aromatic rings. The summed E-state index contributed by atoms with van der Waals surface area (Å²) in [6, 6.07) is -15.1. The lowest BCUT2D eigenvalue weighted by molar-refractivity contribution is -0.144. The van der Waals surface area contributed by atoms with Gasteiger partial charge in [-0.2, -0.15) is 0 Å². The second-order valence-corrected chi connectivity index (χ2v) is 26.9. The van der Waals surface area contributed by atoms with Crippen molar-refractivity contribution in [2.24, 2.45) is 40.7 Å². The average Bonchev–Trinajstić information content (AvgIpc) is 0.851. The van der Waals surface area contributed by atoms with Crippen molar-refractivity contribution in [2.45, 2.75) is 249 Å². The van der Waals surface area contributed by atoms with Crippen molar-refractivity contribution in [3.05, 3.63) is 35.9 Å². The molecule has 13 amide bonds. The van der Waals surface area contributed by atoms with Gasteiger partial charge in [0, 0.05) is 6.42 Å². The number of benzene rings is 1. The van der Waals surface area contributed by atoms with Crippen molar-refractivity contribution in [3.63, 3.8) is 0 Å². The maximum atomic E-state index is 14.4. The van der Waals surface area contributed by atoms with Crippen molar-refractivity contribution in [1.82, 2.24) is 63.8 Å². The maximum absolute atomic E-state index is 14.4. The van der Waals surface area contributed by atoms with Crippen LogP contribution in [0.5, 0.6) is 0 Å². The fraction of sp³-hybridized carbons (Fsp3) is 0.667. The average molecular weight is 1500 g/mol. The van der Waals surface area contributed by atoms with E-state index in [0.29, 0.717) is 12.0 Å². The van der Waals surface area contributed by atoms with Crippen LogP contribution < -0.4 is 86.7 Å². The number of carboxylic acid groups (broad SMARTS) is 3. The molecule has 17 atom stereocenters. The van der Waals surface area contributed by atoms with E-state index in [9.17, 15) is 112 Å². The van der Waals surface area contributed by atoms with E-state index in [1.165, 1.54) is 32.9 Å². The number of aliphatic carboxylic acids is 3. The summed E-state index contributed by atoms with van der Waals surface area (Å²) in [5.74, 6) is -21.8. The second-order valence-electron chi connectivity index (χ2n) is 26.9. The van der Waals surface area contributed by atoms with Crippen LogP contribution in [-0.2, 0) is 83.1 Å². The Hall–Kier alpha value is -9.54. The van der Waals surface area contributed by atoms with Crippen LogP contribution in [-0.4, -0.2) is 246 Å². The van der Waals surface area contributed by atoms with Crippen LogP contribution in [0.25, 0.3) is 0 Å². The van der Waals surface area contributed by atoms with Crippen LogP contribution in [0.4, 0.5) is 0 Å². The Morgan fingerprint density at radius 1 is 0.352 bits per heavy atom. The van der Waals surface area contributed by atoms with Gasteiger partial charge in [0.2, 0.25) is 76.8 Å². The van der Waals surface area contributed by atoms with Crippen LogP contribution in [0.1, 0.15) is 145 Å². The van der Waals surface area contributed by atoms with E-state index in [2.05, 4.69) is 63.8 Å². The third kappa shape index (κ3) is 34.7. The largest absolute Gasteiger partial charge is 0.481 e. The molecule has 0 saturated heterocycles. The molecule has 0 aliphatic rings. The molecule has 0 spiro atoms. The predicted octanol–water partition coefficient (Wildman–Crippen LogP) is -7.19. The SMILES string of the molecule is CC(C)C[C@H](NC(=O)[C@H](CC(=O)O)NC(=O)[C@H](CC(N)=O)NC(=O)[C@H](CCCCN)NC(=O)[C@@H](NC(=O)[C@H](CC(C)C)NC(=O)[C@@H](N)[C@@H](C)O)[C@@H](C)O)C(=O)N[C@@H](CC(=O)O)C(=O)N[C@@H](Cc1ccccc1)C(=O)N[C@H](C(=O)N[C@@H](CCCCN)C(=O)N[C@H](C(=O)N[C@H](C(=O)O)C(C)C)[C@@H](C)O)[C@@H](C)O. The van der Waals surface area contributed by atoms with Gasteiger partial charge in [-0.3, -0.25) is 71.9 Å². The Bertz CT molecular complexity index is 3100. The molecule has 39 nitrogen and oxygen atoms in total. The first-order valence-corrected chi connectivity index (χ1v) is 34.5. The summed E-state index contributed by atoms with van der Waals surface area (Å²) < 4.78 is 0. The highest BCUT2D eigenvalue weighted by atomic mass is 16.4. The zero-order valence-electron chi connectivity index (χ0n) is 60.8. The molecular weight excluding hydrogens is 1380 g/mol. The summed E-state index contributed by atoms with van der Waals surface area (Å²) in [6.07, 6.45) is -10.2. The summed E-state index contributed by atoms with van der Waals surface area (Å²) in [5.41, 5.74) is 22.9. The normalized spacial score (nSPS) is 16.2. The number of primary amides is 1. The smallest absolute Gasteiger partial charge is 0.326 e. The van der Waals surface area contributed by atoms with Gasteiger partial charge in [0.15, 0.2) is 0 Å². The maximum Gasteiger partial charge on any atom is 0.326 e. The van der Waals surface area contributed by atoms with E-state index < -0.39 is 235 Å². The van der Waals surface area contributed by atoms with Crippen LogP contribution in [0.2, 0.25) is 0 Å². The van der Waals surface area contributed by atoms with Gasteiger partial charge in [0.25, 0.3) is 0 Å². The quantitative estimate of drug-likeness (QED) is 0.0270. The van der Waals surface area contributed by atoms with E-state index in [-0.39, 0.29) is 64.0 Å². The minimum absolute atomic E-state index is 0.00988. The molecule has 39 heteroatoms. The lowest BCUT2D eigenvalue weighted by Crippen LogP contribution is -2.63. The number of carbonyl (C=O) groups excluding carboxylic acids is 13. The van der Waals surface area contributed by atoms with Gasteiger partial charge >= 0.3 is 17.9 Å². The van der Waals surface area contributed by atoms with Gasteiger partial charge < -0.3 is 122 Å². The third-order valence-electron chi connectivity index (χ3n) is 16.1. The van der Waals surface area contributed by atoms with E-state index in [0.717, 1.165) is 20.8 Å². The number of unbranched alkanes of at least 4 members (excludes halogenated alkanes) is 2. The molecule has 0 fully saturated rings. The van der Waals surface area contributed by atoms with Crippen LogP contribution in [0.15, 0.2) is 30.3 Å². The third-order valence-corrected chi connectivity index (χ3v) is 16.1. The summed E-state index contributed by atoms with van der Waals surface area (Å²) in [4.78, 5) is 216. The molecule has 1 rings (SSSR count). The highest BCUT2D eigenvalue weighted by molar-refractivity contribution is 6.01. The van der Waals surface area contributed by atoms with Crippen molar-refractivity contribution in [2.75, 3.05) is 13.1 Å². The lowest BCUT2D eigenvalue weighted by atomic mass is 10.0. The van der Waals surface area contributed by atoms with Crippen molar-refractivity contribution in [3.8, 4) is 0 Å². The van der Waals surface area contributed by atoms with Gasteiger partial charge in [0.05, 0.1) is 43.7 Å². The Morgan fingerprint density at radius 2 is 0.648 bits per heavy atom. The Balaban J connectivity index is 3.71. The molecule has 27 N–H and O–H groups in total. The number of nitrogens with one attached hydrogen (secondary N) is 12. The van der Waals surface area contributed by atoms with Crippen LogP contribution in [0.3, 0.4) is 0 Å². The molecule has 0 aliphatic heterocycles. The van der Waals surface area contributed by atoms with Crippen molar-refractivity contribution >= 4 is 94.7 Å². The number of carbonyl (C=O) groups is 16. The number of nitrogens with two attached hydrogens (primary N) is 4. The van der Waals surface area contributed by atoms with Gasteiger partial charge in [-0.1, -0.05) is 71.9 Å². The second kappa shape index (κ2) is 47.0. The zero-order valence-corrected chi connectivity index (χ0v) is 60.8. The molecule has 0 bridgehead atoms. The summed E-state index contributed by atoms with van der Waals surface area (Å²) in [7, 11) is 0. The molecule has 0 unspecified atom stereocenters. The minimum Gasteiger partial charge on any atom is -0.481 e. The fourth-order valence-corrected chi connectivity index (χ4v) is 10.3.